The van der Waals surface area contributed by atoms with Crippen LogP contribution < -0.4 is 43.1 Å². The lowest BCUT2D eigenvalue weighted by molar-refractivity contribution is -0.697. The van der Waals surface area contributed by atoms with Crippen molar-refractivity contribution < 1.29 is 43.1 Å². The molecule has 0 atom stereocenters. The Morgan fingerprint density at radius 3 is 0.868 bits per heavy atom. The fourth-order valence-electron chi connectivity index (χ4n) is 5.16. The molecule has 38 heavy (non-hydrogen) atoms. The highest BCUT2D eigenvalue weighted by atomic mass is 79.9. The second-order valence-corrected chi connectivity index (χ2v) is 11.0. The molecular weight excluding hydrogens is 596 g/mol. The molecule has 2 rings (SSSR count). The molecule has 0 N–H and O–H groups in total. The van der Waals surface area contributed by atoms with Crippen LogP contribution in [0.4, 0.5) is 0 Å². The maximum Gasteiger partial charge on any atom is 0.169 e. The van der Waals surface area contributed by atoms with Gasteiger partial charge in [-0.1, -0.05) is 117 Å². The van der Waals surface area contributed by atoms with Crippen molar-refractivity contribution in [3.05, 3.63) is 49.1 Å². The maximum atomic E-state index is 2.35. The molecule has 2 heterocycles. The molecule has 0 aliphatic carbocycles. The molecule has 0 saturated heterocycles. The van der Waals surface area contributed by atoms with Crippen LogP contribution in [0, 0.1) is 0 Å². The lowest BCUT2D eigenvalue weighted by Crippen LogP contribution is -3.00. The van der Waals surface area contributed by atoms with E-state index in [0.29, 0.717) is 0 Å². The fraction of sp³-hybridized carbons (Fsp3) is 0.706. The summed E-state index contributed by atoms with van der Waals surface area (Å²) in [4.78, 5) is 0. The predicted molar refractivity (Wildman–Crippen MR) is 156 cm³/mol. The van der Waals surface area contributed by atoms with Gasteiger partial charge in [-0.15, -0.1) is 0 Å². The Bertz CT molecular complexity index is 681. The van der Waals surface area contributed by atoms with E-state index in [9.17, 15) is 0 Å². The number of aryl methyl sites for hydroxylation is 2. The van der Waals surface area contributed by atoms with E-state index < -0.39 is 0 Å². The predicted octanol–water partition coefficient (Wildman–Crippen LogP) is 3.78. The van der Waals surface area contributed by atoms with E-state index in [0.717, 1.165) is 13.1 Å². The molecule has 2 aromatic rings. The van der Waals surface area contributed by atoms with E-state index in [4.69, 9.17) is 0 Å². The van der Waals surface area contributed by atoms with Crippen LogP contribution in [0.25, 0.3) is 11.1 Å². The van der Waals surface area contributed by atoms with Crippen molar-refractivity contribution in [3.8, 4) is 11.1 Å². The first-order valence-corrected chi connectivity index (χ1v) is 15.8. The Balaban J connectivity index is 0.00000684. The lowest BCUT2D eigenvalue weighted by Gasteiger charge is -2.03. The number of rotatable bonds is 23. The second-order valence-electron chi connectivity index (χ2n) is 11.0. The quantitative estimate of drug-likeness (QED) is 0.127. The maximum absolute atomic E-state index is 2.35. The number of pyridine rings is 2. The molecule has 0 spiro atoms. The summed E-state index contributed by atoms with van der Waals surface area (Å²) < 4.78 is 4.70. The number of halogens is 2. The molecule has 0 saturated carbocycles. The molecule has 0 aliphatic heterocycles. The van der Waals surface area contributed by atoms with Crippen LogP contribution in [0.3, 0.4) is 0 Å². The van der Waals surface area contributed by atoms with Crippen molar-refractivity contribution in [2.75, 3.05) is 0 Å². The van der Waals surface area contributed by atoms with Crippen LogP contribution in [0.2, 0.25) is 0 Å². The molecule has 4 heteroatoms. The topological polar surface area (TPSA) is 7.76 Å². The standard InChI is InChI=1S/C34H58N2.2BrH/c1-3-5-7-9-11-13-15-17-19-21-27-35-29-23-33(24-30-35)34-25-31-36(32-26-34)28-22-20-18-16-14-12-10-8-6-4-2;;/h23-26,29-32H,3-22,27-28H2,1-2H3;2*1H/q+2;;/p-2. The molecule has 0 radical (unpaired) electrons. The fourth-order valence-corrected chi connectivity index (χ4v) is 5.16. The summed E-state index contributed by atoms with van der Waals surface area (Å²) in [5, 5.41) is 0. The van der Waals surface area contributed by atoms with Crippen molar-refractivity contribution in [2.24, 2.45) is 0 Å². The van der Waals surface area contributed by atoms with Gasteiger partial charge >= 0.3 is 0 Å². The van der Waals surface area contributed by atoms with Crippen molar-refractivity contribution in [3.63, 3.8) is 0 Å². The Hall–Kier alpha value is -0.740. The number of hydrogen-bond donors (Lipinski definition) is 0. The van der Waals surface area contributed by atoms with E-state index in [1.54, 1.807) is 0 Å². The highest BCUT2D eigenvalue weighted by Crippen LogP contribution is 2.16. The Morgan fingerprint density at radius 1 is 0.368 bits per heavy atom. The first kappa shape index (κ1) is 37.3. The van der Waals surface area contributed by atoms with Gasteiger partial charge in [0.1, 0.15) is 13.1 Å². The van der Waals surface area contributed by atoms with Gasteiger partial charge < -0.3 is 34.0 Å². The van der Waals surface area contributed by atoms with Gasteiger partial charge in [0.2, 0.25) is 0 Å². The van der Waals surface area contributed by atoms with Gasteiger partial charge in [-0.25, -0.2) is 9.13 Å². The number of hydrogen-bond acceptors (Lipinski definition) is 0. The van der Waals surface area contributed by atoms with Gasteiger partial charge in [0.05, 0.1) is 0 Å². The number of unbranched alkanes of at least 4 members (excludes halogenated alkanes) is 18. The number of nitrogens with zero attached hydrogens (tertiary/aromatic N) is 2. The second kappa shape index (κ2) is 26.5. The Labute approximate surface area is 257 Å². The minimum Gasteiger partial charge on any atom is -1.00 e. The molecule has 0 fully saturated rings. The van der Waals surface area contributed by atoms with Crippen LogP contribution in [-0.2, 0) is 13.1 Å². The molecule has 0 amide bonds. The summed E-state index contributed by atoms with van der Waals surface area (Å²) >= 11 is 0. The zero-order valence-electron chi connectivity index (χ0n) is 24.8. The molecule has 0 aromatic carbocycles. The molecule has 2 nitrogen and oxygen atoms in total. The van der Waals surface area contributed by atoms with E-state index in [2.05, 4.69) is 72.0 Å². The summed E-state index contributed by atoms with van der Waals surface area (Å²) in [6.07, 6.45) is 37.0. The third-order valence-corrected chi connectivity index (χ3v) is 7.66. The van der Waals surface area contributed by atoms with E-state index in [-0.39, 0.29) is 34.0 Å². The molecule has 2 aromatic heterocycles. The van der Waals surface area contributed by atoms with Crippen LogP contribution in [0.1, 0.15) is 142 Å². The Morgan fingerprint density at radius 2 is 0.605 bits per heavy atom. The van der Waals surface area contributed by atoms with Crippen molar-refractivity contribution >= 4 is 0 Å². The highest BCUT2D eigenvalue weighted by Gasteiger charge is 2.06. The normalized spacial score (nSPS) is 10.7. The minimum absolute atomic E-state index is 0. The zero-order valence-corrected chi connectivity index (χ0v) is 28.0. The van der Waals surface area contributed by atoms with Gasteiger partial charge in [-0.3, -0.25) is 0 Å². The first-order chi connectivity index (χ1) is 17.8. The SMILES string of the molecule is CCCCCCCCCCCC[n+]1ccc(-c2cc[n+](CCCCCCCCCCCC)cc2)cc1.[Br-].[Br-]. The van der Waals surface area contributed by atoms with Crippen LogP contribution in [0.5, 0.6) is 0 Å². The van der Waals surface area contributed by atoms with Gasteiger partial charge in [0.15, 0.2) is 24.8 Å². The molecule has 0 unspecified atom stereocenters. The van der Waals surface area contributed by atoms with Crippen molar-refractivity contribution in [1.29, 1.82) is 0 Å². The number of aromatic nitrogens is 2. The highest BCUT2D eigenvalue weighted by molar-refractivity contribution is 5.60. The average molecular weight is 655 g/mol. The van der Waals surface area contributed by atoms with Crippen molar-refractivity contribution in [1.82, 2.24) is 0 Å². The minimum atomic E-state index is 0. The smallest absolute Gasteiger partial charge is 0.169 e. The van der Waals surface area contributed by atoms with Gasteiger partial charge in [-0.2, -0.15) is 0 Å². The largest absolute Gasteiger partial charge is 1.00 e. The van der Waals surface area contributed by atoms with Gasteiger partial charge in [-0.05, 0) is 24.0 Å². The molecule has 0 bridgehead atoms. The Kier molecular flexibility index (Phi) is 26.0. The average Bonchev–Trinajstić information content (AvgIpc) is 2.91. The van der Waals surface area contributed by atoms with E-state index in [1.165, 1.54) is 140 Å². The third-order valence-electron chi connectivity index (χ3n) is 7.66. The van der Waals surface area contributed by atoms with E-state index in [1.807, 2.05) is 0 Å². The van der Waals surface area contributed by atoms with Crippen LogP contribution in [0.15, 0.2) is 49.1 Å². The lowest BCUT2D eigenvalue weighted by atomic mass is 10.1. The summed E-state index contributed by atoms with van der Waals surface area (Å²) in [6, 6.07) is 9.10. The molecular formula is C34H58Br2N2. The third kappa shape index (κ3) is 18.5. The summed E-state index contributed by atoms with van der Waals surface area (Å²) in [6.45, 7) is 6.87. The summed E-state index contributed by atoms with van der Waals surface area (Å²) in [5.41, 5.74) is 2.64. The zero-order chi connectivity index (χ0) is 25.5. The van der Waals surface area contributed by atoms with Gasteiger partial charge in [0.25, 0.3) is 0 Å². The molecule has 218 valence electrons. The van der Waals surface area contributed by atoms with Crippen LogP contribution in [-0.4, -0.2) is 0 Å². The monoisotopic (exact) mass is 652 g/mol. The van der Waals surface area contributed by atoms with Crippen LogP contribution >= 0.6 is 0 Å². The van der Waals surface area contributed by atoms with Gasteiger partial charge in [0, 0.05) is 37.1 Å². The summed E-state index contributed by atoms with van der Waals surface area (Å²) in [5.74, 6) is 0. The van der Waals surface area contributed by atoms with Crippen molar-refractivity contribution in [2.45, 2.75) is 155 Å². The first-order valence-electron chi connectivity index (χ1n) is 15.8. The molecule has 0 aliphatic rings. The van der Waals surface area contributed by atoms with E-state index >= 15 is 0 Å². The summed E-state index contributed by atoms with van der Waals surface area (Å²) in [7, 11) is 0.